The second kappa shape index (κ2) is 8.54. The van der Waals surface area contributed by atoms with E-state index < -0.39 is 0 Å². The molecule has 6 nitrogen and oxygen atoms in total. The number of amides is 1. The highest BCUT2D eigenvalue weighted by Gasteiger charge is 2.32. The summed E-state index contributed by atoms with van der Waals surface area (Å²) in [5.41, 5.74) is 2.00. The van der Waals surface area contributed by atoms with E-state index in [0.29, 0.717) is 11.6 Å². The zero-order valence-electron chi connectivity index (χ0n) is 17.9. The fourth-order valence-electron chi connectivity index (χ4n) is 4.13. The second-order valence-electron chi connectivity index (χ2n) is 8.90. The molecular formula is C24H30N2O4. The summed E-state index contributed by atoms with van der Waals surface area (Å²) in [5.74, 6) is 1.96. The van der Waals surface area contributed by atoms with Gasteiger partial charge in [-0.25, -0.2) is 4.98 Å². The monoisotopic (exact) mass is 410 g/mol. The highest BCUT2D eigenvalue weighted by Crippen LogP contribution is 2.41. The van der Waals surface area contributed by atoms with Crippen molar-refractivity contribution in [2.24, 2.45) is 0 Å². The maximum Gasteiger partial charge on any atom is 0.258 e. The lowest BCUT2D eigenvalue weighted by Crippen LogP contribution is -2.41. The summed E-state index contributed by atoms with van der Waals surface area (Å²) in [5, 5.41) is 3.09. The number of nitrogens with zero attached hydrogens (tertiary/aromatic N) is 1. The first-order valence-corrected chi connectivity index (χ1v) is 10.7. The number of para-hydroxylation sites is 1. The van der Waals surface area contributed by atoms with Gasteiger partial charge in [-0.2, -0.15) is 0 Å². The topological polar surface area (TPSA) is 69.7 Å². The van der Waals surface area contributed by atoms with Crippen LogP contribution in [0.15, 0.2) is 36.5 Å². The number of aromatic nitrogens is 1. The minimum Gasteiger partial charge on any atom is -0.483 e. The summed E-state index contributed by atoms with van der Waals surface area (Å²) in [4.78, 5) is 16.7. The van der Waals surface area contributed by atoms with Crippen LogP contribution in [0.25, 0.3) is 0 Å². The van der Waals surface area contributed by atoms with Gasteiger partial charge in [0.1, 0.15) is 11.7 Å². The molecule has 1 aliphatic carbocycles. The van der Waals surface area contributed by atoms with Crippen molar-refractivity contribution in [2.75, 3.05) is 6.61 Å². The van der Waals surface area contributed by atoms with Crippen LogP contribution < -0.4 is 19.5 Å². The zero-order valence-corrected chi connectivity index (χ0v) is 17.9. The Labute approximate surface area is 177 Å². The molecule has 0 unspecified atom stereocenters. The molecule has 160 valence electrons. The van der Waals surface area contributed by atoms with Crippen LogP contribution >= 0.6 is 0 Å². The first-order valence-electron chi connectivity index (χ1n) is 10.7. The highest BCUT2D eigenvalue weighted by atomic mass is 16.5. The number of hydrogen-bond acceptors (Lipinski definition) is 5. The number of benzene rings is 1. The molecule has 1 N–H and O–H groups in total. The summed E-state index contributed by atoms with van der Waals surface area (Å²) in [7, 11) is 0. The van der Waals surface area contributed by atoms with Gasteiger partial charge in [-0.1, -0.05) is 18.2 Å². The van der Waals surface area contributed by atoms with Crippen molar-refractivity contribution in [2.45, 2.75) is 70.6 Å². The van der Waals surface area contributed by atoms with E-state index in [9.17, 15) is 4.79 Å². The molecular weight excluding hydrogens is 380 g/mol. The van der Waals surface area contributed by atoms with Crippen LogP contribution in [-0.4, -0.2) is 35.2 Å². The van der Waals surface area contributed by atoms with Crippen LogP contribution in [0.2, 0.25) is 0 Å². The van der Waals surface area contributed by atoms with Crippen molar-refractivity contribution in [3.8, 4) is 17.4 Å². The van der Waals surface area contributed by atoms with E-state index in [1.54, 1.807) is 0 Å². The average molecular weight is 411 g/mol. The van der Waals surface area contributed by atoms with E-state index in [1.807, 2.05) is 43.5 Å². The summed E-state index contributed by atoms with van der Waals surface area (Å²) in [6, 6.07) is 9.91. The molecule has 0 spiro atoms. The molecule has 1 saturated carbocycles. The van der Waals surface area contributed by atoms with E-state index >= 15 is 0 Å². The van der Waals surface area contributed by atoms with Crippen LogP contribution in [0.3, 0.4) is 0 Å². The van der Waals surface area contributed by atoms with E-state index in [2.05, 4.69) is 24.1 Å². The van der Waals surface area contributed by atoms with Crippen molar-refractivity contribution >= 4 is 5.91 Å². The van der Waals surface area contributed by atoms with Crippen LogP contribution in [0.4, 0.5) is 0 Å². The quantitative estimate of drug-likeness (QED) is 0.780. The number of rotatable bonds is 6. The lowest BCUT2D eigenvalue weighted by molar-refractivity contribution is -0.124. The van der Waals surface area contributed by atoms with E-state index in [4.69, 9.17) is 14.2 Å². The van der Waals surface area contributed by atoms with Crippen molar-refractivity contribution in [1.29, 1.82) is 0 Å². The lowest BCUT2D eigenvalue weighted by Gasteiger charge is -2.29. The van der Waals surface area contributed by atoms with Crippen LogP contribution in [0.1, 0.15) is 50.7 Å². The lowest BCUT2D eigenvalue weighted by atomic mass is 9.93. The molecule has 0 radical (unpaired) electrons. The number of ether oxygens (including phenoxy) is 3. The predicted molar refractivity (Wildman–Crippen MR) is 114 cm³/mol. The van der Waals surface area contributed by atoms with E-state index in [1.165, 1.54) is 0 Å². The number of hydrogen-bond donors (Lipinski definition) is 1. The summed E-state index contributed by atoms with van der Waals surface area (Å²) in [6.07, 6.45) is 6.38. The van der Waals surface area contributed by atoms with Gasteiger partial charge < -0.3 is 19.5 Å². The Hall–Kier alpha value is -2.76. The van der Waals surface area contributed by atoms with Crippen molar-refractivity contribution in [3.63, 3.8) is 0 Å². The highest BCUT2D eigenvalue weighted by molar-refractivity contribution is 5.78. The number of carbonyl (C=O) groups excluding carboxylic acids is 1. The Morgan fingerprint density at radius 2 is 2.00 bits per heavy atom. The first kappa shape index (κ1) is 20.5. The van der Waals surface area contributed by atoms with Gasteiger partial charge in [0.25, 0.3) is 5.91 Å². The molecule has 0 atom stereocenters. The van der Waals surface area contributed by atoms with Gasteiger partial charge in [0, 0.05) is 30.3 Å². The number of fused-ring (bicyclic) bond motifs is 1. The number of pyridine rings is 1. The number of carbonyl (C=O) groups is 1. The Kier molecular flexibility index (Phi) is 5.84. The standard InChI is InChI=1S/C24H30N2O4/c1-16-7-12-22(25-14-16)29-19-10-8-18(9-11-19)26-21(27)15-28-20-6-4-5-17-13-24(2,3)30-23(17)20/h4-7,12,14,18-19H,8-11,13,15H2,1-3H3,(H,26,27). The van der Waals surface area contributed by atoms with E-state index in [0.717, 1.165) is 49.0 Å². The Balaban J connectivity index is 1.22. The largest absolute Gasteiger partial charge is 0.483 e. The molecule has 1 aliphatic heterocycles. The maximum absolute atomic E-state index is 12.4. The van der Waals surface area contributed by atoms with Crippen LogP contribution in [-0.2, 0) is 11.2 Å². The Morgan fingerprint density at radius 1 is 1.20 bits per heavy atom. The van der Waals surface area contributed by atoms with Crippen LogP contribution in [0.5, 0.6) is 17.4 Å². The summed E-state index contributed by atoms with van der Waals surface area (Å²) >= 11 is 0. The van der Waals surface area contributed by atoms with Gasteiger partial charge in [-0.3, -0.25) is 4.79 Å². The molecule has 2 aromatic rings. The third-order valence-electron chi connectivity index (χ3n) is 5.62. The molecule has 1 amide bonds. The Morgan fingerprint density at radius 3 is 2.73 bits per heavy atom. The van der Waals surface area contributed by atoms with Crippen LogP contribution in [0, 0.1) is 6.92 Å². The molecule has 1 aromatic heterocycles. The molecule has 30 heavy (non-hydrogen) atoms. The fourth-order valence-corrected chi connectivity index (χ4v) is 4.13. The van der Waals surface area contributed by atoms with Crippen molar-refractivity contribution in [3.05, 3.63) is 47.7 Å². The molecule has 1 fully saturated rings. The van der Waals surface area contributed by atoms with Gasteiger partial charge in [-0.15, -0.1) is 0 Å². The second-order valence-corrected chi connectivity index (χ2v) is 8.90. The molecule has 2 aliphatic rings. The van der Waals surface area contributed by atoms with E-state index in [-0.39, 0.29) is 30.3 Å². The number of nitrogens with one attached hydrogen (secondary N) is 1. The fraction of sp³-hybridized carbons (Fsp3) is 0.500. The number of aryl methyl sites for hydroxylation is 1. The van der Waals surface area contributed by atoms with Gasteiger partial charge in [-0.05, 0) is 58.1 Å². The summed E-state index contributed by atoms with van der Waals surface area (Å²) in [6.45, 7) is 6.11. The van der Waals surface area contributed by atoms with Crippen molar-refractivity contribution in [1.82, 2.24) is 10.3 Å². The van der Waals surface area contributed by atoms with Gasteiger partial charge >= 0.3 is 0 Å². The smallest absolute Gasteiger partial charge is 0.258 e. The van der Waals surface area contributed by atoms with Gasteiger partial charge in [0.2, 0.25) is 5.88 Å². The third kappa shape index (κ3) is 5.04. The minimum absolute atomic E-state index is 0.00996. The molecule has 1 aromatic carbocycles. The Bertz CT molecular complexity index is 887. The maximum atomic E-state index is 12.4. The van der Waals surface area contributed by atoms with Crippen molar-refractivity contribution < 1.29 is 19.0 Å². The summed E-state index contributed by atoms with van der Waals surface area (Å²) < 4.78 is 17.8. The predicted octanol–water partition coefficient (Wildman–Crippen LogP) is 3.99. The molecule has 4 rings (SSSR count). The SMILES string of the molecule is Cc1ccc(OC2CCC(NC(=O)COc3cccc4c3OC(C)(C)C4)CC2)nc1. The molecule has 2 heterocycles. The first-order chi connectivity index (χ1) is 14.4. The average Bonchev–Trinajstić information content (AvgIpc) is 3.04. The molecule has 6 heteroatoms. The molecule has 0 bridgehead atoms. The zero-order chi connectivity index (χ0) is 21.1. The normalized spacial score (nSPS) is 22.0. The van der Waals surface area contributed by atoms with Gasteiger partial charge in [0.05, 0.1) is 0 Å². The molecule has 0 saturated heterocycles. The van der Waals surface area contributed by atoms with Gasteiger partial charge in [0.15, 0.2) is 18.1 Å². The third-order valence-corrected chi connectivity index (χ3v) is 5.62. The minimum atomic E-state index is -0.237.